The largest absolute Gasteiger partial charge is 0.496 e. The quantitative estimate of drug-likeness (QED) is 0.594. The lowest BCUT2D eigenvalue weighted by molar-refractivity contribution is 0.0601. The second-order valence-electron chi connectivity index (χ2n) is 3.30. The number of aryl methyl sites for hydroxylation is 1. The molecule has 15 heavy (non-hydrogen) atoms. The Hall–Kier alpha value is -1.71. The number of benzene rings is 1. The van der Waals surface area contributed by atoms with Gasteiger partial charge in [-0.15, -0.1) is 0 Å². The summed E-state index contributed by atoms with van der Waals surface area (Å²) in [6.45, 7) is 3.60. The van der Waals surface area contributed by atoms with Crippen molar-refractivity contribution in [2.75, 3.05) is 20.0 Å². The Bertz CT molecular complexity index is 399. The number of carbonyl (C=O) groups excluding carboxylic acids is 1. The number of nitrogen functional groups attached to an aromatic ring is 1. The average molecular weight is 209 g/mol. The summed E-state index contributed by atoms with van der Waals surface area (Å²) in [6.07, 6.45) is 0. The maximum absolute atomic E-state index is 11.5. The van der Waals surface area contributed by atoms with Crippen LogP contribution in [0.4, 0.5) is 5.69 Å². The summed E-state index contributed by atoms with van der Waals surface area (Å²) in [4.78, 5) is 11.5. The number of hydrogen-bond acceptors (Lipinski definition) is 4. The van der Waals surface area contributed by atoms with Crippen LogP contribution < -0.4 is 10.5 Å². The number of carbonyl (C=O) groups is 1. The molecule has 82 valence electrons. The molecule has 0 aliphatic heterocycles. The fraction of sp³-hybridized carbons (Fsp3) is 0.364. The van der Waals surface area contributed by atoms with Crippen LogP contribution in [0.25, 0.3) is 0 Å². The number of ether oxygens (including phenoxy) is 2. The van der Waals surface area contributed by atoms with E-state index in [9.17, 15) is 4.79 Å². The summed E-state index contributed by atoms with van der Waals surface area (Å²) in [5.74, 6) is 0.258. The zero-order valence-corrected chi connectivity index (χ0v) is 9.38. The molecule has 1 aromatic rings. The van der Waals surface area contributed by atoms with E-state index < -0.39 is 5.97 Å². The first kappa shape index (κ1) is 11.4. The fourth-order valence-electron chi connectivity index (χ4n) is 1.49. The minimum atomic E-state index is -0.421. The Balaban J connectivity index is 3.42. The number of methoxy groups -OCH3 is 2. The molecule has 0 heterocycles. The zero-order chi connectivity index (χ0) is 11.6. The van der Waals surface area contributed by atoms with Gasteiger partial charge in [-0.1, -0.05) is 0 Å². The third-order valence-electron chi connectivity index (χ3n) is 2.39. The van der Waals surface area contributed by atoms with Gasteiger partial charge in [0.25, 0.3) is 0 Å². The van der Waals surface area contributed by atoms with Crippen LogP contribution in [-0.4, -0.2) is 20.2 Å². The molecular weight excluding hydrogens is 194 g/mol. The Morgan fingerprint density at radius 3 is 2.40 bits per heavy atom. The Morgan fingerprint density at radius 1 is 1.33 bits per heavy atom. The van der Waals surface area contributed by atoms with Gasteiger partial charge in [0.15, 0.2) is 0 Å². The van der Waals surface area contributed by atoms with E-state index in [1.807, 2.05) is 0 Å². The van der Waals surface area contributed by atoms with E-state index in [1.54, 1.807) is 27.0 Å². The summed E-state index contributed by atoms with van der Waals surface area (Å²) in [5.41, 5.74) is 8.19. The van der Waals surface area contributed by atoms with E-state index >= 15 is 0 Å². The van der Waals surface area contributed by atoms with Gasteiger partial charge in [0.2, 0.25) is 0 Å². The molecule has 4 nitrogen and oxygen atoms in total. The summed E-state index contributed by atoms with van der Waals surface area (Å²) < 4.78 is 9.81. The predicted octanol–water partition coefficient (Wildman–Crippen LogP) is 1.68. The molecule has 0 aromatic heterocycles. The molecule has 0 radical (unpaired) electrons. The maximum Gasteiger partial charge on any atom is 0.340 e. The van der Waals surface area contributed by atoms with Crippen LogP contribution in [0.1, 0.15) is 21.5 Å². The highest BCUT2D eigenvalue weighted by Gasteiger charge is 2.17. The summed E-state index contributed by atoms with van der Waals surface area (Å²) in [7, 11) is 2.90. The van der Waals surface area contributed by atoms with E-state index in [0.29, 0.717) is 17.0 Å². The fourth-order valence-corrected chi connectivity index (χ4v) is 1.49. The van der Waals surface area contributed by atoms with Gasteiger partial charge in [-0.25, -0.2) is 4.79 Å². The third-order valence-corrected chi connectivity index (χ3v) is 2.39. The van der Waals surface area contributed by atoms with Gasteiger partial charge >= 0.3 is 5.97 Å². The molecule has 2 N–H and O–H groups in total. The average Bonchev–Trinajstić information content (AvgIpc) is 2.23. The molecule has 1 aromatic carbocycles. The Kier molecular flexibility index (Phi) is 3.19. The normalized spacial score (nSPS) is 9.87. The monoisotopic (exact) mass is 209 g/mol. The topological polar surface area (TPSA) is 61.5 Å². The Morgan fingerprint density at radius 2 is 1.93 bits per heavy atom. The zero-order valence-electron chi connectivity index (χ0n) is 9.38. The highest BCUT2D eigenvalue weighted by atomic mass is 16.5. The van der Waals surface area contributed by atoms with Crippen molar-refractivity contribution < 1.29 is 14.3 Å². The predicted molar refractivity (Wildman–Crippen MR) is 58.2 cm³/mol. The molecule has 0 unspecified atom stereocenters. The van der Waals surface area contributed by atoms with Crippen LogP contribution in [0.2, 0.25) is 0 Å². The molecule has 0 bridgehead atoms. The number of esters is 1. The van der Waals surface area contributed by atoms with Crippen molar-refractivity contribution in [1.29, 1.82) is 0 Å². The highest BCUT2D eigenvalue weighted by molar-refractivity contribution is 5.98. The van der Waals surface area contributed by atoms with Gasteiger partial charge < -0.3 is 15.2 Å². The van der Waals surface area contributed by atoms with Gasteiger partial charge in [0.1, 0.15) is 5.75 Å². The second-order valence-corrected chi connectivity index (χ2v) is 3.30. The molecule has 0 saturated carbocycles. The Labute approximate surface area is 89.0 Å². The number of hydrogen-bond donors (Lipinski definition) is 1. The van der Waals surface area contributed by atoms with Crippen molar-refractivity contribution in [3.05, 3.63) is 22.8 Å². The van der Waals surface area contributed by atoms with Crippen molar-refractivity contribution in [3.8, 4) is 5.75 Å². The van der Waals surface area contributed by atoms with Gasteiger partial charge in [0, 0.05) is 5.56 Å². The van der Waals surface area contributed by atoms with Crippen LogP contribution in [-0.2, 0) is 4.74 Å². The maximum atomic E-state index is 11.5. The van der Waals surface area contributed by atoms with Crippen LogP contribution in [0.3, 0.4) is 0 Å². The van der Waals surface area contributed by atoms with E-state index in [2.05, 4.69) is 4.74 Å². The first-order valence-corrected chi connectivity index (χ1v) is 4.54. The van der Waals surface area contributed by atoms with Crippen molar-refractivity contribution in [2.45, 2.75) is 13.8 Å². The molecular formula is C11H15NO3. The molecule has 0 saturated heterocycles. The third kappa shape index (κ3) is 1.88. The number of anilines is 1. The molecule has 4 heteroatoms. The molecule has 0 atom stereocenters. The van der Waals surface area contributed by atoms with E-state index in [0.717, 1.165) is 11.1 Å². The second kappa shape index (κ2) is 4.21. The summed E-state index contributed by atoms with van der Waals surface area (Å²) >= 11 is 0. The van der Waals surface area contributed by atoms with E-state index in [4.69, 9.17) is 10.5 Å². The lowest BCUT2D eigenvalue weighted by Gasteiger charge is -2.13. The highest BCUT2D eigenvalue weighted by Crippen LogP contribution is 2.30. The van der Waals surface area contributed by atoms with E-state index in [1.165, 1.54) is 7.11 Å². The van der Waals surface area contributed by atoms with Crippen LogP contribution >= 0.6 is 0 Å². The standard InChI is InChI=1S/C11H15NO3/c1-6-5-8(14-3)7(2)10(12)9(6)11(13)15-4/h5H,12H2,1-4H3. The van der Waals surface area contributed by atoms with Crippen LogP contribution in [0, 0.1) is 13.8 Å². The lowest BCUT2D eigenvalue weighted by atomic mass is 10.0. The molecule has 0 amide bonds. The van der Waals surface area contributed by atoms with Gasteiger partial charge in [-0.2, -0.15) is 0 Å². The smallest absolute Gasteiger partial charge is 0.340 e. The minimum absolute atomic E-state index is 0.413. The van der Waals surface area contributed by atoms with E-state index in [-0.39, 0.29) is 0 Å². The molecule has 1 rings (SSSR count). The number of rotatable bonds is 2. The van der Waals surface area contributed by atoms with Gasteiger partial charge in [-0.05, 0) is 25.5 Å². The molecule has 0 aliphatic rings. The van der Waals surface area contributed by atoms with Crippen molar-refractivity contribution in [2.24, 2.45) is 0 Å². The van der Waals surface area contributed by atoms with Gasteiger partial charge in [-0.3, -0.25) is 0 Å². The molecule has 0 aliphatic carbocycles. The van der Waals surface area contributed by atoms with Crippen molar-refractivity contribution in [3.63, 3.8) is 0 Å². The lowest BCUT2D eigenvalue weighted by Crippen LogP contribution is -2.10. The van der Waals surface area contributed by atoms with Crippen molar-refractivity contribution in [1.82, 2.24) is 0 Å². The minimum Gasteiger partial charge on any atom is -0.496 e. The number of nitrogens with two attached hydrogens (primary N) is 1. The SMILES string of the molecule is COC(=O)c1c(C)cc(OC)c(C)c1N. The van der Waals surface area contributed by atoms with Gasteiger partial charge in [0.05, 0.1) is 25.5 Å². The van der Waals surface area contributed by atoms with Crippen LogP contribution in [0.15, 0.2) is 6.07 Å². The van der Waals surface area contributed by atoms with Crippen LogP contribution in [0.5, 0.6) is 5.75 Å². The molecule has 0 spiro atoms. The first-order valence-electron chi connectivity index (χ1n) is 4.54. The molecule has 0 fully saturated rings. The first-order chi connectivity index (χ1) is 7.02. The summed E-state index contributed by atoms with van der Waals surface area (Å²) in [6, 6.07) is 1.78. The van der Waals surface area contributed by atoms with Crippen molar-refractivity contribution >= 4 is 11.7 Å². The summed E-state index contributed by atoms with van der Waals surface area (Å²) in [5, 5.41) is 0.